The summed E-state index contributed by atoms with van der Waals surface area (Å²) in [4.78, 5) is 25.6. The highest BCUT2D eigenvalue weighted by molar-refractivity contribution is 6.30. The van der Waals surface area contributed by atoms with Crippen LogP contribution in [-0.2, 0) is 11.3 Å². The zero-order valence-electron chi connectivity index (χ0n) is 15.8. The molecule has 1 aromatic heterocycles. The third-order valence-corrected chi connectivity index (χ3v) is 4.45. The monoisotopic (exact) mass is 446 g/mol. The van der Waals surface area contributed by atoms with E-state index < -0.39 is 17.5 Å². The molecular formula is C20H16Cl2N4O4. The maximum Gasteiger partial charge on any atom is 0.383 e. The largest absolute Gasteiger partial charge is 0.836 e. The quantitative estimate of drug-likeness (QED) is 0.240. The first kappa shape index (κ1) is 21.5. The van der Waals surface area contributed by atoms with Crippen LogP contribution in [-0.4, -0.2) is 34.6 Å². The van der Waals surface area contributed by atoms with Gasteiger partial charge in [-0.1, -0.05) is 40.4 Å². The van der Waals surface area contributed by atoms with E-state index in [4.69, 9.17) is 27.9 Å². The standard InChI is InChI=1S/C20H16Cl2N4O4/c1-2-30-20(29)18-19(28)26(23-11-13-3-7-15(21)8-4-13)24-25(18)12-17(27)14-5-9-16(22)10-6-14/h3-11H,2,12H2,1H3. The number of halogens is 2. The normalized spacial score (nSPS) is 11.0. The zero-order chi connectivity index (χ0) is 21.7. The molecule has 3 rings (SSSR count). The molecule has 0 fully saturated rings. The lowest BCUT2D eigenvalue weighted by molar-refractivity contribution is -0.745. The predicted octanol–water partition coefficient (Wildman–Crippen LogP) is 2.49. The molecule has 0 N–H and O–H groups in total. The third kappa shape index (κ3) is 5.03. The Bertz CT molecular complexity index is 1090. The summed E-state index contributed by atoms with van der Waals surface area (Å²) >= 11 is 11.7. The number of carbonyl (C=O) groups excluding carboxylic acids is 2. The summed E-state index contributed by atoms with van der Waals surface area (Å²) in [5.74, 6) is -2.06. The van der Waals surface area contributed by atoms with Crippen molar-refractivity contribution in [3.8, 4) is 5.88 Å². The molecule has 0 radical (unpaired) electrons. The third-order valence-electron chi connectivity index (χ3n) is 3.95. The molecule has 0 saturated carbocycles. The molecule has 0 aliphatic rings. The molecule has 0 aliphatic heterocycles. The number of esters is 1. The highest BCUT2D eigenvalue weighted by Crippen LogP contribution is 2.13. The van der Waals surface area contributed by atoms with E-state index >= 15 is 0 Å². The van der Waals surface area contributed by atoms with Gasteiger partial charge in [0.05, 0.1) is 12.8 Å². The Morgan fingerprint density at radius 3 is 2.33 bits per heavy atom. The summed E-state index contributed by atoms with van der Waals surface area (Å²) in [5, 5.41) is 21.7. The summed E-state index contributed by atoms with van der Waals surface area (Å²) in [5.41, 5.74) is 0.622. The van der Waals surface area contributed by atoms with Crippen molar-refractivity contribution in [3.63, 3.8) is 0 Å². The Hall–Kier alpha value is -3.23. The van der Waals surface area contributed by atoms with Crippen molar-refractivity contribution >= 4 is 41.2 Å². The topological polar surface area (TPSA) is 100 Å². The van der Waals surface area contributed by atoms with Crippen LogP contribution in [0.4, 0.5) is 0 Å². The first-order valence-corrected chi connectivity index (χ1v) is 9.60. The van der Waals surface area contributed by atoms with E-state index in [-0.39, 0.29) is 18.9 Å². The van der Waals surface area contributed by atoms with Crippen LogP contribution in [0.15, 0.2) is 53.6 Å². The maximum atomic E-state index is 12.7. The average Bonchev–Trinajstić information content (AvgIpc) is 3.03. The van der Waals surface area contributed by atoms with Gasteiger partial charge < -0.3 is 9.84 Å². The molecule has 30 heavy (non-hydrogen) atoms. The van der Waals surface area contributed by atoms with Gasteiger partial charge in [-0.2, -0.15) is 0 Å². The first-order valence-electron chi connectivity index (χ1n) is 8.85. The molecule has 10 heteroatoms. The van der Waals surface area contributed by atoms with E-state index in [9.17, 15) is 14.7 Å². The number of ether oxygens (including phenoxy) is 1. The fourth-order valence-corrected chi connectivity index (χ4v) is 2.76. The number of nitrogens with zero attached hydrogens (tertiary/aromatic N) is 4. The van der Waals surface area contributed by atoms with Gasteiger partial charge in [0.15, 0.2) is 12.4 Å². The van der Waals surface area contributed by atoms with Crippen LogP contribution in [0.5, 0.6) is 5.88 Å². The number of Topliss-reactive ketones (excluding diaryl/α,β-unsaturated/α-hetero) is 1. The van der Waals surface area contributed by atoms with Gasteiger partial charge in [0.2, 0.25) is 5.78 Å². The van der Waals surface area contributed by atoms with Crippen molar-refractivity contribution in [3.05, 3.63) is 75.4 Å². The van der Waals surface area contributed by atoms with Crippen LogP contribution < -0.4 is 9.79 Å². The molecule has 0 bridgehead atoms. The molecule has 8 nitrogen and oxygen atoms in total. The van der Waals surface area contributed by atoms with Crippen LogP contribution in [0.25, 0.3) is 0 Å². The summed E-state index contributed by atoms with van der Waals surface area (Å²) in [6.07, 6.45) is 1.38. The lowest BCUT2D eigenvalue weighted by Gasteiger charge is -2.03. The van der Waals surface area contributed by atoms with E-state index in [1.54, 1.807) is 55.5 Å². The minimum Gasteiger partial charge on any atom is -0.836 e. The lowest BCUT2D eigenvalue weighted by atomic mass is 10.1. The van der Waals surface area contributed by atoms with Crippen LogP contribution in [0.1, 0.15) is 33.3 Å². The van der Waals surface area contributed by atoms with E-state index in [1.807, 2.05) is 0 Å². The van der Waals surface area contributed by atoms with Crippen LogP contribution in [0.3, 0.4) is 0 Å². The number of hydrogen-bond acceptors (Lipinski definition) is 6. The summed E-state index contributed by atoms with van der Waals surface area (Å²) in [6.45, 7) is 1.31. The molecule has 0 saturated heterocycles. The molecule has 154 valence electrons. The van der Waals surface area contributed by atoms with E-state index in [0.29, 0.717) is 21.2 Å². The molecule has 0 spiro atoms. The summed E-state index contributed by atoms with van der Waals surface area (Å²) in [6, 6.07) is 13.0. The van der Waals surface area contributed by atoms with Crippen molar-refractivity contribution in [1.82, 2.24) is 10.0 Å². The average molecular weight is 447 g/mol. The van der Waals surface area contributed by atoms with Crippen molar-refractivity contribution in [2.24, 2.45) is 5.10 Å². The molecule has 3 aromatic rings. The second-order valence-corrected chi connectivity index (χ2v) is 6.91. The van der Waals surface area contributed by atoms with E-state index in [0.717, 1.165) is 9.47 Å². The Labute approximate surface area is 181 Å². The highest BCUT2D eigenvalue weighted by Gasteiger charge is 2.29. The van der Waals surface area contributed by atoms with E-state index in [2.05, 4.69) is 10.3 Å². The number of carbonyl (C=O) groups is 2. The van der Waals surface area contributed by atoms with Crippen molar-refractivity contribution in [2.45, 2.75) is 13.5 Å². The minimum absolute atomic E-state index is 0.0582. The predicted molar refractivity (Wildman–Crippen MR) is 108 cm³/mol. The second kappa shape index (κ2) is 9.51. The minimum atomic E-state index is -0.889. The maximum absolute atomic E-state index is 12.7. The van der Waals surface area contributed by atoms with Gasteiger partial charge in [-0.15, -0.1) is 4.68 Å². The SMILES string of the molecule is CCOC(=O)c1c([O-])n(N=Cc2ccc(Cl)cc2)n[n+]1CC(=O)c1ccc(Cl)cc1. The lowest BCUT2D eigenvalue weighted by Crippen LogP contribution is -2.45. The van der Waals surface area contributed by atoms with Gasteiger partial charge in [-0.05, 0) is 53.7 Å². The zero-order valence-corrected chi connectivity index (χ0v) is 17.3. The molecule has 2 aromatic carbocycles. The van der Waals surface area contributed by atoms with Crippen molar-refractivity contribution in [1.29, 1.82) is 0 Å². The van der Waals surface area contributed by atoms with Crippen LogP contribution >= 0.6 is 23.2 Å². The molecule has 0 atom stereocenters. The second-order valence-electron chi connectivity index (χ2n) is 6.04. The molecule has 0 aliphatic carbocycles. The number of rotatable bonds is 7. The van der Waals surface area contributed by atoms with Gasteiger partial charge in [-0.3, -0.25) is 4.79 Å². The molecular weight excluding hydrogens is 431 g/mol. The van der Waals surface area contributed by atoms with Crippen LogP contribution in [0, 0.1) is 0 Å². The van der Waals surface area contributed by atoms with Gasteiger partial charge in [-0.25, -0.2) is 4.79 Å². The smallest absolute Gasteiger partial charge is 0.383 e. The van der Waals surface area contributed by atoms with E-state index in [1.165, 1.54) is 6.21 Å². The number of ketones is 1. The van der Waals surface area contributed by atoms with Gasteiger partial charge in [0, 0.05) is 15.6 Å². The highest BCUT2D eigenvalue weighted by atomic mass is 35.5. The number of benzene rings is 2. The number of hydrogen-bond donors (Lipinski definition) is 0. The van der Waals surface area contributed by atoms with Gasteiger partial charge in [0.1, 0.15) is 5.21 Å². The Morgan fingerprint density at radius 2 is 1.73 bits per heavy atom. The summed E-state index contributed by atoms with van der Waals surface area (Å²) in [7, 11) is 0. The Balaban J connectivity index is 1.93. The van der Waals surface area contributed by atoms with Gasteiger partial charge >= 0.3 is 5.97 Å². The van der Waals surface area contributed by atoms with Crippen LogP contribution in [0.2, 0.25) is 10.0 Å². The Kier molecular flexibility index (Phi) is 6.81. The fraction of sp³-hybridized carbons (Fsp3) is 0.150. The van der Waals surface area contributed by atoms with Crippen molar-refractivity contribution in [2.75, 3.05) is 6.61 Å². The molecule has 1 heterocycles. The molecule has 0 unspecified atom stereocenters. The summed E-state index contributed by atoms with van der Waals surface area (Å²) < 4.78 is 5.92. The molecule has 0 amide bonds. The fourth-order valence-electron chi connectivity index (χ4n) is 2.50. The Morgan fingerprint density at radius 1 is 1.13 bits per heavy atom. The number of aromatic nitrogens is 3. The first-order chi connectivity index (χ1) is 14.4. The van der Waals surface area contributed by atoms with Gasteiger partial charge in [0.25, 0.3) is 5.69 Å². The van der Waals surface area contributed by atoms with Crippen molar-refractivity contribution < 1.29 is 24.1 Å².